The highest BCUT2D eigenvalue weighted by molar-refractivity contribution is 5.95. The molecular weight excluding hydrogens is 218 g/mol. The number of amides is 1. The van der Waals surface area contributed by atoms with Crippen LogP contribution in [0.4, 0.5) is 0 Å². The molecule has 0 saturated carbocycles. The van der Waals surface area contributed by atoms with E-state index in [0.717, 1.165) is 0 Å². The number of aromatic nitrogens is 2. The Morgan fingerprint density at radius 1 is 1.41 bits per heavy atom. The normalized spacial score (nSPS) is 14.2. The molecule has 0 aliphatic rings. The zero-order valence-electron chi connectivity index (χ0n) is 10.7. The van der Waals surface area contributed by atoms with Gasteiger partial charge >= 0.3 is 0 Å². The summed E-state index contributed by atoms with van der Waals surface area (Å²) < 4.78 is 0. The van der Waals surface area contributed by atoms with Crippen molar-refractivity contribution in [1.29, 1.82) is 0 Å². The van der Waals surface area contributed by atoms with Gasteiger partial charge in [0.1, 0.15) is 0 Å². The van der Waals surface area contributed by atoms with Crippen molar-refractivity contribution in [2.75, 3.05) is 0 Å². The van der Waals surface area contributed by atoms with E-state index in [1.165, 1.54) is 0 Å². The van der Waals surface area contributed by atoms with Crippen LogP contribution in [-0.4, -0.2) is 33.4 Å². The van der Waals surface area contributed by atoms with Gasteiger partial charge in [0.05, 0.1) is 23.1 Å². The monoisotopic (exact) mass is 237 g/mol. The number of carbonyl (C=O) groups excluding carboxylic acids is 1. The fraction of sp³-hybridized carbons (Fsp3) is 0.583. The zero-order chi connectivity index (χ0) is 13.0. The molecule has 17 heavy (non-hydrogen) atoms. The van der Waals surface area contributed by atoms with Crippen LogP contribution in [0, 0.1) is 13.8 Å². The number of rotatable bonds is 4. The second-order valence-electron chi connectivity index (χ2n) is 4.44. The lowest BCUT2D eigenvalue weighted by Gasteiger charge is -2.16. The fourth-order valence-electron chi connectivity index (χ4n) is 1.65. The van der Waals surface area contributed by atoms with Gasteiger partial charge in [-0.15, -0.1) is 0 Å². The van der Waals surface area contributed by atoms with Gasteiger partial charge in [0.2, 0.25) is 0 Å². The van der Waals surface area contributed by atoms with Crippen molar-refractivity contribution in [1.82, 2.24) is 15.5 Å². The van der Waals surface area contributed by atoms with E-state index in [9.17, 15) is 9.90 Å². The molecular formula is C12H19N3O2. The fourth-order valence-corrected chi connectivity index (χ4v) is 1.65. The first-order chi connectivity index (χ1) is 7.90. The Hall–Kier alpha value is -1.49. The van der Waals surface area contributed by atoms with E-state index in [0.29, 0.717) is 23.4 Å². The number of nitrogens with zero attached hydrogens (tertiary/aromatic N) is 2. The van der Waals surface area contributed by atoms with Crippen molar-refractivity contribution in [2.45, 2.75) is 46.3 Å². The molecule has 0 saturated heterocycles. The van der Waals surface area contributed by atoms with Gasteiger partial charge in [0.25, 0.3) is 5.91 Å². The first-order valence-corrected chi connectivity index (χ1v) is 5.70. The van der Waals surface area contributed by atoms with Crippen LogP contribution >= 0.6 is 0 Å². The van der Waals surface area contributed by atoms with Crippen LogP contribution in [-0.2, 0) is 0 Å². The lowest BCUT2D eigenvalue weighted by atomic mass is 10.1. The van der Waals surface area contributed by atoms with E-state index in [4.69, 9.17) is 0 Å². The van der Waals surface area contributed by atoms with Gasteiger partial charge in [-0.05, 0) is 40.2 Å². The highest BCUT2D eigenvalue weighted by Gasteiger charge is 2.14. The summed E-state index contributed by atoms with van der Waals surface area (Å²) in [5.41, 5.74) is 1.86. The van der Waals surface area contributed by atoms with Gasteiger partial charge in [-0.1, -0.05) is 0 Å². The number of aliphatic hydroxyl groups excluding tert-OH is 1. The van der Waals surface area contributed by atoms with Crippen LogP contribution in [0.3, 0.4) is 0 Å². The number of hydrogen-bond donors (Lipinski definition) is 2. The van der Waals surface area contributed by atoms with Crippen LogP contribution in [0.25, 0.3) is 0 Å². The number of nitrogens with one attached hydrogen (secondary N) is 1. The largest absolute Gasteiger partial charge is 0.393 e. The summed E-state index contributed by atoms with van der Waals surface area (Å²) in [6, 6.07) is 1.64. The minimum absolute atomic E-state index is 0.0737. The van der Waals surface area contributed by atoms with Crippen molar-refractivity contribution in [3.8, 4) is 0 Å². The van der Waals surface area contributed by atoms with E-state index in [2.05, 4.69) is 15.5 Å². The van der Waals surface area contributed by atoms with Crippen LogP contribution in [0.5, 0.6) is 0 Å². The molecule has 1 aromatic rings. The lowest BCUT2D eigenvalue weighted by Crippen LogP contribution is -2.35. The molecule has 1 aromatic heterocycles. The molecule has 2 atom stereocenters. The van der Waals surface area contributed by atoms with E-state index in [1.807, 2.05) is 6.92 Å². The van der Waals surface area contributed by atoms with Crippen molar-refractivity contribution >= 4 is 5.91 Å². The predicted octanol–water partition coefficient (Wildman–Crippen LogP) is 0.983. The maximum absolute atomic E-state index is 11.9. The quantitative estimate of drug-likeness (QED) is 0.818. The van der Waals surface area contributed by atoms with Crippen LogP contribution in [0.2, 0.25) is 0 Å². The van der Waals surface area contributed by atoms with Crippen LogP contribution in [0.15, 0.2) is 6.07 Å². The SMILES string of the molecule is Cc1cc(C(=O)NC(C)CC(C)O)c(C)nn1. The minimum Gasteiger partial charge on any atom is -0.393 e. The predicted molar refractivity (Wildman–Crippen MR) is 64.7 cm³/mol. The molecule has 5 heteroatoms. The number of carbonyl (C=O) groups is 1. The van der Waals surface area contributed by atoms with Gasteiger partial charge in [-0.3, -0.25) is 4.79 Å². The van der Waals surface area contributed by atoms with Crippen LogP contribution < -0.4 is 5.32 Å². The number of aryl methyl sites for hydroxylation is 2. The zero-order valence-corrected chi connectivity index (χ0v) is 10.7. The average molecular weight is 237 g/mol. The third-order valence-electron chi connectivity index (χ3n) is 2.42. The molecule has 0 fully saturated rings. The molecule has 0 aromatic carbocycles. The summed E-state index contributed by atoms with van der Waals surface area (Å²) >= 11 is 0. The minimum atomic E-state index is -0.427. The standard InChI is InChI=1S/C12H19N3O2/c1-7(5-9(3)16)13-12(17)11-6-8(2)14-15-10(11)4/h6-7,9,16H,5H2,1-4H3,(H,13,17). The number of aliphatic hydroxyl groups is 1. The summed E-state index contributed by atoms with van der Waals surface area (Å²) in [5.74, 6) is -0.173. The first-order valence-electron chi connectivity index (χ1n) is 5.70. The summed E-state index contributed by atoms with van der Waals surface area (Å²) in [6.45, 7) is 7.11. The Morgan fingerprint density at radius 3 is 2.65 bits per heavy atom. The molecule has 2 N–H and O–H groups in total. The Morgan fingerprint density at radius 2 is 2.06 bits per heavy atom. The average Bonchev–Trinajstić information content (AvgIpc) is 2.20. The molecule has 1 rings (SSSR count). The third kappa shape index (κ3) is 4.11. The van der Waals surface area contributed by atoms with Gasteiger partial charge in [0, 0.05) is 6.04 Å². The van der Waals surface area contributed by atoms with Crippen molar-refractivity contribution in [3.05, 3.63) is 23.0 Å². The van der Waals surface area contributed by atoms with Gasteiger partial charge in [-0.25, -0.2) is 0 Å². The second kappa shape index (κ2) is 5.72. The summed E-state index contributed by atoms with van der Waals surface area (Å²) in [4.78, 5) is 11.9. The molecule has 0 aliphatic carbocycles. The summed E-state index contributed by atoms with van der Waals surface area (Å²) in [6.07, 6.45) is 0.103. The van der Waals surface area contributed by atoms with Gasteiger partial charge < -0.3 is 10.4 Å². The smallest absolute Gasteiger partial charge is 0.253 e. The van der Waals surface area contributed by atoms with E-state index < -0.39 is 6.10 Å². The Labute approximate surface area is 101 Å². The molecule has 0 radical (unpaired) electrons. The molecule has 0 spiro atoms. The second-order valence-corrected chi connectivity index (χ2v) is 4.44. The molecule has 1 heterocycles. The third-order valence-corrected chi connectivity index (χ3v) is 2.42. The molecule has 2 unspecified atom stereocenters. The highest BCUT2D eigenvalue weighted by atomic mass is 16.3. The Balaban J connectivity index is 2.73. The lowest BCUT2D eigenvalue weighted by molar-refractivity contribution is 0.0921. The summed E-state index contributed by atoms with van der Waals surface area (Å²) in [5, 5.41) is 19.8. The van der Waals surface area contributed by atoms with Crippen molar-refractivity contribution < 1.29 is 9.90 Å². The Kier molecular flexibility index (Phi) is 4.57. The van der Waals surface area contributed by atoms with E-state index >= 15 is 0 Å². The molecule has 94 valence electrons. The maximum atomic E-state index is 11.9. The number of hydrogen-bond acceptors (Lipinski definition) is 4. The summed E-state index contributed by atoms with van der Waals surface area (Å²) in [7, 11) is 0. The highest BCUT2D eigenvalue weighted by Crippen LogP contribution is 2.06. The topological polar surface area (TPSA) is 75.1 Å². The molecule has 1 amide bonds. The molecule has 0 bridgehead atoms. The first kappa shape index (κ1) is 13.6. The van der Waals surface area contributed by atoms with E-state index in [-0.39, 0.29) is 11.9 Å². The van der Waals surface area contributed by atoms with Crippen molar-refractivity contribution in [2.24, 2.45) is 0 Å². The van der Waals surface area contributed by atoms with Crippen molar-refractivity contribution in [3.63, 3.8) is 0 Å². The Bertz CT molecular complexity index is 405. The van der Waals surface area contributed by atoms with Crippen LogP contribution in [0.1, 0.15) is 42.0 Å². The maximum Gasteiger partial charge on any atom is 0.253 e. The molecule has 0 aliphatic heterocycles. The molecule has 5 nitrogen and oxygen atoms in total. The van der Waals surface area contributed by atoms with E-state index in [1.54, 1.807) is 26.8 Å². The van der Waals surface area contributed by atoms with Gasteiger partial charge in [-0.2, -0.15) is 10.2 Å². The van der Waals surface area contributed by atoms with Gasteiger partial charge in [0.15, 0.2) is 0 Å².